The Labute approximate surface area is 348 Å². The van der Waals surface area contributed by atoms with Crippen LogP contribution in [-0.2, 0) is 6.42 Å². The van der Waals surface area contributed by atoms with Gasteiger partial charge in [0, 0.05) is 105 Å². The van der Waals surface area contributed by atoms with Gasteiger partial charge < -0.3 is 20.4 Å². The predicted molar refractivity (Wildman–Crippen MR) is 239 cm³/mol. The van der Waals surface area contributed by atoms with Crippen LogP contribution in [0, 0.1) is 9.93 Å². The van der Waals surface area contributed by atoms with Crippen molar-refractivity contribution >= 4 is 137 Å². The third-order valence-electron chi connectivity index (χ3n) is 6.89. The number of carbonyl (C=O) groups excluding carboxylic acids is 2. The molecule has 14 heteroatoms. The molecule has 6 aromatic rings. The molecule has 1 aliphatic carbocycles. The summed E-state index contributed by atoms with van der Waals surface area (Å²) in [7, 11) is 0. The van der Waals surface area contributed by atoms with E-state index < -0.39 is 0 Å². The number of allylic oxidation sites excluding steroid dienone is 2. The summed E-state index contributed by atoms with van der Waals surface area (Å²) in [4.78, 5) is 44.9. The normalized spacial score (nSPS) is 13.0. The van der Waals surface area contributed by atoms with Crippen LogP contribution in [0.4, 0.5) is 5.69 Å². The molecule has 254 valence electrons. The standard InChI is InChI=1S/C17H11NO2.C8H7NO.C8H7N.CH4.I3.I2.HI.O2/c19-16-11-6-2-1-5-10(11)9-13(16)15-17(20)12-7-3-4-8-14(12)18-15;10-8-5-9-7-4-2-1-3-6(7)8;1-2-4-8-7(3-1)5-6-9-8;;1-3-2;1-2;;1-2/h1-8,18H,9H2;1-5,9-10H;1-6,9H;1H4;;;1H;/q;;;;-1;;;/b15-13-;;;;;;;. The van der Waals surface area contributed by atoms with E-state index >= 15 is 0 Å². The number of hydrogen-bond donors (Lipinski definition) is 4. The van der Waals surface area contributed by atoms with Gasteiger partial charge in [-0.05, 0) is 47.3 Å². The van der Waals surface area contributed by atoms with E-state index in [1.54, 1.807) is 12.3 Å². The molecule has 0 amide bonds. The fourth-order valence-electron chi connectivity index (χ4n) is 4.91. The molecule has 0 unspecified atom stereocenters. The first kappa shape index (κ1) is 44.6. The molecule has 48 heavy (non-hydrogen) atoms. The van der Waals surface area contributed by atoms with E-state index in [-0.39, 0.29) is 43.0 Å². The summed E-state index contributed by atoms with van der Waals surface area (Å²) in [5.41, 5.74) is 6.31. The van der Waals surface area contributed by atoms with Crippen LogP contribution in [0.1, 0.15) is 33.7 Å². The number of aromatic hydroxyl groups is 1. The van der Waals surface area contributed by atoms with Gasteiger partial charge >= 0.3 is 50.5 Å². The first-order chi connectivity index (χ1) is 22.5. The Hall–Kier alpha value is -1.38. The maximum absolute atomic E-state index is 12.4. The van der Waals surface area contributed by atoms with Gasteiger partial charge in [-0.1, -0.05) is 74.2 Å². The Kier molecular flexibility index (Phi) is 22.2. The SMILES string of the molecule is C.I.II.I[I-]I.O=C1/C(=C2\Nc3ccccc3C2=O)Cc2ccccc21.O=O.Oc1c[nH]c2ccccc12.c1ccc2[nH]ccc2c1. The molecule has 8 rings (SSSR count). The van der Waals surface area contributed by atoms with Gasteiger partial charge in [0.2, 0.25) is 5.78 Å². The largest absolute Gasteiger partial charge is 0.506 e. The van der Waals surface area contributed by atoms with Gasteiger partial charge in [0.1, 0.15) is 5.75 Å². The zero-order valence-corrected chi connectivity index (χ0v) is 37.2. The number of Topliss-reactive ketones (excluding diaryl/α,β-unsaturated/α-hetero) is 2. The van der Waals surface area contributed by atoms with Crippen LogP contribution < -0.4 is 18.6 Å². The van der Waals surface area contributed by atoms with E-state index in [4.69, 9.17) is 9.93 Å². The summed E-state index contributed by atoms with van der Waals surface area (Å²) in [6, 6.07) is 32.8. The minimum atomic E-state index is -0.0863. The first-order valence-electron chi connectivity index (χ1n) is 13.2. The van der Waals surface area contributed by atoms with Crippen LogP contribution in [0.15, 0.2) is 127 Å². The van der Waals surface area contributed by atoms with Crippen LogP contribution in [-0.4, -0.2) is 26.6 Å². The average molecular weight is 1320 g/mol. The zero-order chi connectivity index (χ0) is 33.5. The molecule has 0 radical (unpaired) electrons. The van der Waals surface area contributed by atoms with Crippen LogP contribution in [0.3, 0.4) is 0 Å². The number of aromatic amines is 2. The van der Waals surface area contributed by atoms with Crippen LogP contribution in [0.25, 0.3) is 21.8 Å². The van der Waals surface area contributed by atoms with E-state index in [2.05, 4.69) is 108 Å². The summed E-state index contributed by atoms with van der Waals surface area (Å²) < 4.78 is 0. The van der Waals surface area contributed by atoms with Crippen molar-refractivity contribution in [2.75, 3.05) is 5.32 Å². The predicted octanol–water partition coefficient (Wildman–Crippen LogP) is 8.90. The van der Waals surface area contributed by atoms with Crippen molar-refractivity contribution in [3.8, 4) is 5.75 Å². The van der Waals surface area contributed by atoms with Gasteiger partial charge in [0.25, 0.3) is 0 Å². The summed E-state index contributed by atoms with van der Waals surface area (Å²) in [5, 5.41) is 14.4. The van der Waals surface area contributed by atoms with Gasteiger partial charge in [-0.3, -0.25) is 9.59 Å². The van der Waals surface area contributed by atoms with Crippen molar-refractivity contribution in [1.29, 1.82) is 0 Å². The Morgan fingerprint density at radius 3 is 1.88 bits per heavy atom. The van der Waals surface area contributed by atoms with Crippen molar-refractivity contribution < 1.29 is 28.0 Å². The van der Waals surface area contributed by atoms with Crippen LogP contribution >= 0.6 is 98.4 Å². The number of benzene rings is 4. The van der Waals surface area contributed by atoms with E-state index in [0.717, 1.165) is 22.2 Å². The topological polar surface area (TPSA) is 132 Å². The molecule has 0 saturated carbocycles. The molecule has 0 fully saturated rings. The quantitative estimate of drug-likeness (QED) is 0.0889. The molecular formula is C34H30I6N3O5-. The zero-order valence-electron chi connectivity index (χ0n) is 24.1. The van der Waals surface area contributed by atoms with Gasteiger partial charge in [-0.25, -0.2) is 0 Å². The Bertz CT molecular complexity index is 1850. The maximum Gasteiger partial charge on any atom is 0.211 e. The fraction of sp³-hybridized carbons (Fsp3) is 0.0588. The van der Waals surface area contributed by atoms with E-state index in [1.165, 1.54) is 10.9 Å². The number of hydrogen-bond acceptors (Lipinski definition) is 6. The number of H-pyrrole nitrogens is 2. The molecule has 0 spiro atoms. The van der Waals surface area contributed by atoms with Gasteiger partial charge in [0.15, 0.2) is 5.78 Å². The number of halogens is 6. The third-order valence-corrected chi connectivity index (χ3v) is 6.89. The minimum Gasteiger partial charge on any atom is -0.506 e. The molecule has 4 aromatic carbocycles. The Balaban J connectivity index is 0.000000349. The molecule has 1 aliphatic heterocycles. The third kappa shape index (κ3) is 11.6. The Morgan fingerprint density at radius 2 is 1.25 bits per heavy atom. The Morgan fingerprint density at radius 1 is 0.688 bits per heavy atom. The van der Waals surface area contributed by atoms with Crippen molar-refractivity contribution in [2.24, 2.45) is 0 Å². The van der Waals surface area contributed by atoms with Gasteiger partial charge in [-0.2, -0.15) is 0 Å². The molecular weight excluding hydrogens is 1290 g/mol. The van der Waals surface area contributed by atoms with E-state index in [0.29, 0.717) is 47.8 Å². The summed E-state index contributed by atoms with van der Waals surface area (Å²) in [6.45, 7) is 0. The minimum absolute atomic E-state index is 0. The number of fused-ring (bicyclic) bond motifs is 4. The second-order valence-electron chi connectivity index (χ2n) is 9.35. The second-order valence-corrected chi connectivity index (χ2v) is 25.6. The van der Waals surface area contributed by atoms with Crippen molar-refractivity contribution in [3.63, 3.8) is 0 Å². The number of anilines is 1. The second kappa shape index (κ2) is 23.9. The van der Waals surface area contributed by atoms with Crippen molar-refractivity contribution in [3.05, 3.63) is 153 Å². The summed E-state index contributed by atoms with van der Waals surface area (Å²) in [5.74, 6) is 0.191. The van der Waals surface area contributed by atoms with Crippen molar-refractivity contribution in [1.82, 2.24) is 9.97 Å². The molecule has 0 atom stereocenters. The molecule has 3 heterocycles. The smallest absolute Gasteiger partial charge is 0.211 e. The molecule has 4 N–H and O–H groups in total. The number of para-hydroxylation sites is 3. The molecule has 8 nitrogen and oxygen atoms in total. The van der Waals surface area contributed by atoms with E-state index in [9.17, 15) is 14.7 Å². The van der Waals surface area contributed by atoms with Gasteiger partial charge in [-0.15, -0.1) is 24.0 Å². The maximum atomic E-state index is 12.4. The molecule has 0 bridgehead atoms. The number of ketones is 2. The van der Waals surface area contributed by atoms with Crippen LogP contribution in [0.5, 0.6) is 5.75 Å². The number of nitrogens with one attached hydrogen (secondary N) is 3. The molecule has 2 aliphatic rings. The molecule has 0 saturated heterocycles. The van der Waals surface area contributed by atoms with Crippen molar-refractivity contribution in [2.45, 2.75) is 13.8 Å². The average Bonchev–Trinajstić information content (AvgIpc) is 3.90. The molecule has 2 aromatic heterocycles. The fourth-order valence-corrected chi connectivity index (χ4v) is 4.91. The van der Waals surface area contributed by atoms with E-state index in [1.807, 2.05) is 85.1 Å². The monoisotopic (exact) mass is 1320 g/mol. The van der Waals surface area contributed by atoms with Gasteiger partial charge in [0.05, 0.1) is 5.70 Å². The summed E-state index contributed by atoms with van der Waals surface area (Å²) >= 11 is 9.54. The number of rotatable bonds is 0. The first-order valence-corrected chi connectivity index (χ1v) is 32.1. The van der Waals surface area contributed by atoms with Crippen LogP contribution in [0.2, 0.25) is 0 Å². The number of aromatic nitrogens is 2. The summed E-state index contributed by atoms with van der Waals surface area (Å²) in [6.07, 6.45) is 4.06. The number of carbonyl (C=O) groups is 2.